The molecule has 7 heteroatoms. The molecule has 0 fully saturated rings. The zero-order chi connectivity index (χ0) is 17.7. The number of amides is 1. The lowest BCUT2D eigenvalue weighted by molar-refractivity contribution is -0.116. The molecule has 2 aromatic heterocycles. The van der Waals surface area contributed by atoms with Crippen molar-refractivity contribution in [2.75, 3.05) is 5.32 Å². The molecule has 0 bridgehead atoms. The second-order valence-corrected chi connectivity index (χ2v) is 6.78. The molecule has 25 heavy (non-hydrogen) atoms. The molecule has 1 amide bonds. The van der Waals surface area contributed by atoms with E-state index in [9.17, 15) is 4.79 Å². The van der Waals surface area contributed by atoms with Crippen molar-refractivity contribution in [3.8, 4) is 5.69 Å². The molecular formula is C18H18ClN5O. The van der Waals surface area contributed by atoms with Crippen LogP contribution in [0.1, 0.15) is 40.5 Å². The smallest absolute Gasteiger partial charge is 0.226 e. The van der Waals surface area contributed by atoms with E-state index < -0.39 is 0 Å². The second kappa shape index (κ2) is 5.74. The Balaban J connectivity index is 1.93. The average Bonchev–Trinajstić information content (AvgIpc) is 3.08. The van der Waals surface area contributed by atoms with E-state index in [1.54, 1.807) is 4.68 Å². The van der Waals surface area contributed by atoms with Gasteiger partial charge in [0.15, 0.2) is 0 Å². The number of halogens is 1. The SMILES string of the molecule is Cc1ccccc1-n1nc(C)c2c1NC(=O)C[C@H]2c1n[nH]c(C)c1Cl. The lowest BCUT2D eigenvalue weighted by Crippen LogP contribution is -2.25. The predicted octanol–water partition coefficient (Wildman–Crippen LogP) is 3.65. The van der Waals surface area contributed by atoms with E-state index in [1.165, 1.54) is 0 Å². The zero-order valence-electron chi connectivity index (χ0n) is 14.2. The van der Waals surface area contributed by atoms with Gasteiger partial charge < -0.3 is 5.32 Å². The number of para-hydroxylation sites is 1. The van der Waals surface area contributed by atoms with Crippen LogP contribution >= 0.6 is 11.6 Å². The van der Waals surface area contributed by atoms with Crippen molar-refractivity contribution in [2.45, 2.75) is 33.1 Å². The topological polar surface area (TPSA) is 75.6 Å². The van der Waals surface area contributed by atoms with Crippen molar-refractivity contribution in [3.63, 3.8) is 0 Å². The maximum atomic E-state index is 12.4. The Morgan fingerprint density at radius 2 is 2.00 bits per heavy atom. The summed E-state index contributed by atoms with van der Waals surface area (Å²) in [6.45, 7) is 5.84. The van der Waals surface area contributed by atoms with Crippen molar-refractivity contribution in [1.29, 1.82) is 0 Å². The number of aryl methyl sites for hydroxylation is 3. The lowest BCUT2D eigenvalue weighted by atomic mass is 9.89. The molecule has 1 atom stereocenters. The van der Waals surface area contributed by atoms with Crippen molar-refractivity contribution in [3.05, 3.63) is 57.5 Å². The van der Waals surface area contributed by atoms with E-state index >= 15 is 0 Å². The van der Waals surface area contributed by atoms with Gasteiger partial charge >= 0.3 is 0 Å². The van der Waals surface area contributed by atoms with Gasteiger partial charge in [-0.3, -0.25) is 9.89 Å². The number of fused-ring (bicyclic) bond motifs is 1. The molecule has 1 aromatic carbocycles. The van der Waals surface area contributed by atoms with Gasteiger partial charge in [-0.2, -0.15) is 10.2 Å². The molecule has 6 nitrogen and oxygen atoms in total. The number of benzene rings is 1. The summed E-state index contributed by atoms with van der Waals surface area (Å²) in [6, 6.07) is 7.95. The number of H-pyrrole nitrogens is 1. The minimum absolute atomic E-state index is 0.0658. The van der Waals surface area contributed by atoms with E-state index in [1.807, 2.05) is 45.0 Å². The van der Waals surface area contributed by atoms with Crippen LogP contribution in [-0.2, 0) is 4.79 Å². The van der Waals surface area contributed by atoms with Gasteiger partial charge in [-0.1, -0.05) is 29.8 Å². The van der Waals surface area contributed by atoms with Crippen LogP contribution in [0.15, 0.2) is 24.3 Å². The highest BCUT2D eigenvalue weighted by atomic mass is 35.5. The quantitative estimate of drug-likeness (QED) is 0.736. The first-order valence-electron chi connectivity index (χ1n) is 8.13. The standard InChI is InChI=1S/C18H18ClN5O/c1-9-6-4-5-7-13(9)24-18-15(10(2)23-24)12(8-14(25)20-18)17-16(19)11(3)21-22-17/h4-7,12H,8H2,1-3H3,(H,20,25)(H,21,22)/t12-/m1/s1. The maximum absolute atomic E-state index is 12.4. The summed E-state index contributed by atoms with van der Waals surface area (Å²) in [5, 5.41) is 15.5. The Morgan fingerprint density at radius 3 is 2.68 bits per heavy atom. The van der Waals surface area contributed by atoms with Gasteiger partial charge in [0.05, 0.1) is 27.8 Å². The van der Waals surface area contributed by atoms with Crippen molar-refractivity contribution >= 4 is 23.3 Å². The van der Waals surface area contributed by atoms with Crippen LogP contribution in [0.4, 0.5) is 5.82 Å². The number of carbonyl (C=O) groups excluding carboxylic acids is 1. The third-order valence-corrected chi connectivity index (χ3v) is 5.15. The number of aromatic amines is 1. The van der Waals surface area contributed by atoms with Crippen molar-refractivity contribution in [1.82, 2.24) is 20.0 Å². The van der Waals surface area contributed by atoms with E-state index in [4.69, 9.17) is 16.7 Å². The highest BCUT2D eigenvalue weighted by Crippen LogP contribution is 2.42. The molecule has 2 N–H and O–H groups in total. The molecular weight excluding hydrogens is 338 g/mol. The first kappa shape index (κ1) is 15.9. The minimum atomic E-state index is -0.209. The van der Waals surface area contributed by atoms with Crippen LogP contribution in [0.25, 0.3) is 5.69 Å². The molecule has 0 spiro atoms. The molecule has 0 saturated heterocycles. The molecule has 3 aromatic rings. The first-order chi connectivity index (χ1) is 12.0. The molecule has 0 aliphatic carbocycles. The zero-order valence-corrected chi connectivity index (χ0v) is 15.0. The summed E-state index contributed by atoms with van der Waals surface area (Å²) < 4.78 is 1.80. The summed E-state index contributed by atoms with van der Waals surface area (Å²) in [4.78, 5) is 12.4. The summed E-state index contributed by atoms with van der Waals surface area (Å²) in [5.74, 6) is 0.424. The van der Waals surface area contributed by atoms with Gasteiger partial charge in [-0.15, -0.1) is 0 Å². The highest BCUT2D eigenvalue weighted by molar-refractivity contribution is 6.32. The van der Waals surface area contributed by atoms with Gasteiger partial charge in [0.1, 0.15) is 5.82 Å². The van der Waals surface area contributed by atoms with Crippen molar-refractivity contribution in [2.24, 2.45) is 0 Å². The van der Waals surface area contributed by atoms with Crippen molar-refractivity contribution < 1.29 is 4.79 Å². The molecule has 0 radical (unpaired) electrons. The fourth-order valence-corrected chi connectivity index (χ4v) is 3.64. The summed E-state index contributed by atoms with van der Waals surface area (Å²) in [6.07, 6.45) is 0.303. The van der Waals surface area contributed by atoms with Crippen LogP contribution in [0.3, 0.4) is 0 Å². The Bertz CT molecular complexity index is 988. The summed E-state index contributed by atoms with van der Waals surface area (Å²) >= 11 is 6.41. The Kier molecular flexibility index (Phi) is 3.65. The Morgan fingerprint density at radius 1 is 1.24 bits per heavy atom. The number of nitrogens with zero attached hydrogens (tertiary/aromatic N) is 3. The predicted molar refractivity (Wildman–Crippen MR) is 96.5 cm³/mol. The number of rotatable bonds is 2. The molecule has 3 heterocycles. The number of anilines is 1. The largest absolute Gasteiger partial charge is 0.310 e. The van der Waals surface area contributed by atoms with Crippen LogP contribution in [0, 0.1) is 20.8 Å². The normalized spacial score (nSPS) is 16.6. The molecule has 128 valence electrons. The first-order valence-corrected chi connectivity index (χ1v) is 8.51. The van der Waals surface area contributed by atoms with Crippen LogP contribution in [0.2, 0.25) is 5.02 Å². The number of hydrogen-bond donors (Lipinski definition) is 2. The molecule has 1 aliphatic rings. The fourth-order valence-electron chi connectivity index (χ4n) is 3.42. The molecule has 0 saturated carbocycles. The summed E-state index contributed by atoms with van der Waals surface area (Å²) in [5.41, 5.74) is 5.35. The van der Waals surface area contributed by atoms with E-state index in [0.29, 0.717) is 23.0 Å². The van der Waals surface area contributed by atoms with Crippen LogP contribution in [0.5, 0.6) is 0 Å². The third-order valence-electron chi connectivity index (χ3n) is 4.67. The van der Waals surface area contributed by atoms with Gasteiger partial charge in [0, 0.05) is 17.9 Å². The number of aromatic nitrogens is 4. The van der Waals surface area contributed by atoms with Gasteiger partial charge in [-0.25, -0.2) is 4.68 Å². The van der Waals surface area contributed by atoms with Gasteiger partial charge in [0.25, 0.3) is 0 Å². The number of carbonyl (C=O) groups is 1. The Hall–Kier alpha value is -2.60. The molecule has 1 aliphatic heterocycles. The number of nitrogens with one attached hydrogen (secondary N) is 2. The van der Waals surface area contributed by atoms with Gasteiger partial charge in [0.2, 0.25) is 5.91 Å². The highest BCUT2D eigenvalue weighted by Gasteiger charge is 2.35. The number of hydrogen-bond acceptors (Lipinski definition) is 3. The molecule has 0 unspecified atom stereocenters. The maximum Gasteiger partial charge on any atom is 0.226 e. The fraction of sp³-hybridized carbons (Fsp3) is 0.278. The summed E-state index contributed by atoms with van der Waals surface area (Å²) in [7, 11) is 0. The van der Waals surface area contributed by atoms with E-state index in [-0.39, 0.29) is 11.8 Å². The average molecular weight is 356 g/mol. The van der Waals surface area contributed by atoms with E-state index in [2.05, 4.69) is 15.5 Å². The second-order valence-electron chi connectivity index (χ2n) is 6.40. The minimum Gasteiger partial charge on any atom is -0.310 e. The van der Waals surface area contributed by atoms with Crippen LogP contribution < -0.4 is 5.32 Å². The van der Waals surface area contributed by atoms with Gasteiger partial charge in [-0.05, 0) is 32.4 Å². The Labute approximate surface area is 150 Å². The van der Waals surface area contributed by atoms with Crippen LogP contribution in [-0.4, -0.2) is 25.9 Å². The third kappa shape index (κ3) is 2.44. The monoisotopic (exact) mass is 355 g/mol. The lowest BCUT2D eigenvalue weighted by Gasteiger charge is -2.23. The molecule has 4 rings (SSSR count). The van der Waals surface area contributed by atoms with E-state index in [0.717, 1.165) is 28.2 Å².